The van der Waals surface area contributed by atoms with E-state index < -0.39 is 5.60 Å². The van der Waals surface area contributed by atoms with Gasteiger partial charge in [0.2, 0.25) is 0 Å². The highest BCUT2D eigenvalue weighted by Crippen LogP contribution is 2.41. The molecule has 8 heteroatoms. The number of fused-ring (bicyclic) bond motifs is 1. The summed E-state index contributed by atoms with van der Waals surface area (Å²) in [6.07, 6.45) is 5.08. The Bertz CT molecular complexity index is 1720. The van der Waals surface area contributed by atoms with Crippen LogP contribution in [-0.2, 0) is 22.5 Å². The monoisotopic (exact) mass is 640 g/mol. The number of ether oxygens (including phenoxy) is 2. The Morgan fingerprint density at radius 2 is 1.72 bits per heavy atom. The molecule has 0 saturated carbocycles. The van der Waals surface area contributed by atoms with Crippen LogP contribution < -0.4 is 4.74 Å². The summed E-state index contributed by atoms with van der Waals surface area (Å²) >= 11 is 1.52. The normalized spacial score (nSPS) is 17.5. The fourth-order valence-electron chi connectivity index (χ4n) is 6.68. The minimum atomic E-state index is -0.490. The van der Waals surface area contributed by atoms with Gasteiger partial charge in [-0.1, -0.05) is 36.4 Å². The van der Waals surface area contributed by atoms with Gasteiger partial charge in [-0.3, -0.25) is 19.4 Å². The molecule has 0 radical (unpaired) electrons. The summed E-state index contributed by atoms with van der Waals surface area (Å²) in [7, 11) is 1.66. The second kappa shape index (κ2) is 13.6. The Labute approximate surface area is 275 Å². The van der Waals surface area contributed by atoms with E-state index in [4.69, 9.17) is 9.47 Å². The predicted molar refractivity (Wildman–Crippen MR) is 184 cm³/mol. The number of ketones is 1. The van der Waals surface area contributed by atoms with Crippen LogP contribution in [0.4, 0.5) is 0 Å². The molecule has 0 aliphatic carbocycles. The second-order valence-electron chi connectivity index (χ2n) is 13.5. The first-order valence-electron chi connectivity index (χ1n) is 16.4. The van der Waals surface area contributed by atoms with Crippen molar-refractivity contribution in [2.75, 3.05) is 33.3 Å². The highest BCUT2D eigenvalue weighted by Gasteiger charge is 2.33. The summed E-state index contributed by atoms with van der Waals surface area (Å²) in [5.41, 5.74) is 3.94. The van der Waals surface area contributed by atoms with Crippen molar-refractivity contribution in [3.8, 4) is 21.9 Å². The lowest BCUT2D eigenvalue weighted by Gasteiger charge is -2.27. The van der Waals surface area contributed by atoms with Gasteiger partial charge < -0.3 is 14.6 Å². The molecule has 1 atom stereocenters. The number of hydrogen-bond acceptors (Lipinski definition) is 8. The van der Waals surface area contributed by atoms with Crippen LogP contribution in [-0.4, -0.2) is 71.6 Å². The molecule has 1 aromatic heterocycles. The van der Waals surface area contributed by atoms with Crippen LogP contribution in [0.1, 0.15) is 73.5 Å². The molecule has 2 fully saturated rings. The molecule has 0 bridgehead atoms. The summed E-state index contributed by atoms with van der Waals surface area (Å²) in [6, 6.07) is 19.2. The van der Waals surface area contributed by atoms with Crippen molar-refractivity contribution in [2.45, 2.75) is 71.1 Å². The van der Waals surface area contributed by atoms with Crippen molar-refractivity contribution in [1.82, 2.24) is 9.80 Å². The molecule has 2 aliphatic rings. The number of aromatic hydroxyl groups is 1. The third kappa shape index (κ3) is 7.14. The van der Waals surface area contributed by atoms with Gasteiger partial charge in [-0.2, -0.15) is 0 Å². The van der Waals surface area contributed by atoms with E-state index in [1.807, 2.05) is 45.0 Å². The summed E-state index contributed by atoms with van der Waals surface area (Å²) in [5.74, 6) is 0.707. The zero-order valence-electron chi connectivity index (χ0n) is 27.3. The maximum Gasteiger partial charge on any atom is 0.323 e. The number of esters is 1. The molecular weight excluding hydrogens is 596 g/mol. The van der Waals surface area contributed by atoms with Gasteiger partial charge in [-0.15, -0.1) is 11.3 Å². The van der Waals surface area contributed by atoms with Crippen LogP contribution in [0.25, 0.3) is 20.5 Å². The fourth-order valence-corrected chi connectivity index (χ4v) is 7.92. The van der Waals surface area contributed by atoms with Crippen LogP contribution in [0, 0.1) is 0 Å². The van der Waals surface area contributed by atoms with Crippen molar-refractivity contribution in [2.24, 2.45) is 0 Å². The van der Waals surface area contributed by atoms with E-state index in [0.717, 1.165) is 83.8 Å². The van der Waals surface area contributed by atoms with Gasteiger partial charge in [0.05, 0.1) is 7.11 Å². The summed E-state index contributed by atoms with van der Waals surface area (Å²) in [6.45, 7) is 10.4. The fraction of sp³-hybridized carbons (Fsp3) is 0.421. The maximum atomic E-state index is 14.2. The number of hydrogen-bond donors (Lipinski definition) is 1. The van der Waals surface area contributed by atoms with E-state index in [-0.39, 0.29) is 23.5 Å². The molecule has 6 rings (SSSR count). The summed E-state index contributed by atoms with van der Waals surface area (Å²) in [4.78, 5) is 32.6. The molecule has 7 nitrogen and oxygen atoms in total. The van der Waals surface area contributed by atoms with Gasteiger partial charge in [0.25, 0.3) is 0 Å². The molecule has 0 spiro atoms. The third-order valence-corrected chi connectivity index (χ3v) is 10.2. The van der Waals surface area contributed by atoms with Gasteiger partial charge in [0.15, 0.2) is 5.78 Å². The molecule has 242 valence electrons. The largest absolute Gasteiger partial charge is 0.508 e. The van der Waals surface area contributed by atoms with Crippen LogP contribution in [0.15, 0.2) is 60.7 Å². The zero-order chi connectivity index (χ0) is 32.4. The first-order valence-corrected chi connectivity index (χ1v) is 17.2. The van der Waals surface area contributed by atoms with E-state index in [2.05, 4.69) is 34.1 Å². The molecule has 4 aromatic rings. The third-order valence-electron chi connectivity index (χ3n) is 8.99. The number of rotatable bonds is 10. The number of methoxy groups -OCH3 is 1. The second-order valence-corrected chi connectivity index (χ2v) is 14.6. The average Bonchev–Trinajstić information content (AvgIpc) is 3.79. The van der Waals surface area contributed by atoms with Crippen LogP contribution in [0.5, 0.6) is 11.5 Å². The standard InChI is InChI=1S/C38H44N2O5S/c1-38(2,3)45-37(43)31-8-7-20-40(31)21-17-25-9-11-26(12-10-25)36-34(30-16-15-29(41)23-33(30)46-36)35(42)27-13-14-28(32(22-27)44-4)24-39-18-5-6-19-39/h9-16,22-23,31,41H,5-8,17-21,24H2,1-4H3. The number of benzene rings is 3. The molecule has 1 N–H and O–H groups in total. The van der Waals surface area contributed by atoms with Crippen molar-refractivity contribution in [3.63, 3.8) is 0 Å². The van der Waals surface area contributed by atoms with Gasteiger partial charge >= 0.3 is 5.97 Å². The predicted octanol–water partition coefficient (Wildman–Crippen LogP) is 7.46. The molecule has 2 saturated heterocycles. The highest BCUT2D eigenvalue weighted by atomic mass is 32.1. The Kier molecular flexibility index (Phi) is 9.50. The quantitative estimate of drug-likeness (QED) is 0.142. The smallest absolute Gasteiger partial charge is 0.323 e. The lowest BCUT2D eigenvalue weighted by atomic mass is 9.96. The van der Waals surface area contributed by atoms with Crippen molar-refractivity contribution in [3.05, 3.63) is 82.9 Å². The van der Waals surface area contributed by atoms with Gasteiger partial charge in [0.1, 0.15) is 23.1 Å². The van der Waals surface area contributed by atoms with Gasteiger partial charge in [-0.05, 0) is 108 Å². The van der Waals surface area contributed by atoms with Crippen molar-refractivity contribution in [1.29, 1.82) is 0 Å². The van der Waals surface area contributed by atoms with E-state index in [0.29, 0.717) is 11.1 Å². The van der Waals surface area contributed by atoms with Gasteiger partial charge in [-0.25, -0.2) is 0 Å². The number of carbonyl (C=O) groups is 2. The molecule has 3 aromatic carbocycles. The maximum absolute atomic E-state index is 14.2. The number of phenolic OH excluding ortho intramolecular Hbond substituents is 1. The average molecular weight is 641 g/mol. The van der Waals surface area contributed by atoms with Gasteiger partial charge in [0, 0.05) is 44.7 Å². The SMILES string of the molecule is COc1cc(C(=O)c2c(-c3ccc(CCN4CCCC4C(=O)OC(C)(C)C)cc3)sc3cc(O)ccc23)ccc1CN1CCCC1. The van der Waals surface area contributed by atoms with Crippen molar-refractivity contribution >= 4 is 33.2 Å². The minimum absolute atomic E-state index is 0.0655. The van der Waals surface area contributed by atoms with E-state index >= 15 is 0 Å². The van der Waals surface area contributed by atoms with Crippen LogP contribution in [0.3, 0.4) is 0 Å². The number of thiophene rings is 1. The Morgan fingerprint density at radius 1 is 0.957 bits per heavy atom. The molecule has 1 unspecified atom stereocenters. The Morgan fingerprint density at radius 3 is 2.43 bits per heavy atom. The highest BCUT2D eigenvalue weighted by molar-refractivity contribution is 7.22. The van der Waals surface area contributed by atoms with Crippen molar-refractivity contribution < 1.29 is 24.2 Å². The van der Waals surface area contributed by atoms with E-state index in [1.165, 1.54) is 29.7 Å². The zero-order valence-corrected chi connectivity index (χ0v) is 28.1. The molecule has 2 aliphatic heterocycles. The summed E-state index contributed by atoms with van der Waals surface area (Å²) in [5, 5.41) is 11.1. The molecule has 3 heterocycles. The van der Waals surface area contributed by atoms with E-state index in [1.54, 1.807) is 19.2 Å². The lowest BCUT2D eigenvalue weighted by Crippen LogP contribution is -2.41. The molecule has 46 heavy (non-hydrogen) atoms. The number of phenols is 1. The number of nitrogens with zero attached hydrogens (tertiary/aromatic N) is 2. The number of carbonyl (C=O) groups excluding carboxylic acids is 2. The van der Waals surface area contributed by atoms with Crippen LogP contribution >= 0.6 is 11.3 Å². The molecule has 0 amide bonds. The minimum Gasteiger partial charge on any atom is -0.508 e. The molecular formula is C38H44N2O5S. The lowest BCUT2D eigenvalue weighted by molar-refractivity contribution is -0.160. The first-order chi connectivity index (χ1) is 22.1. The van der Waals surface area contributed by atoms with E-state index in [9.17, 15) is 14.7 Å². The Balaban J connectivity index is 1.24. The number of likely N-dealkylation sites (tertiary alicyclic amines) is 2. The summed E-state index contributed by atoms with van der Waals surface area (Å²) < 4.78 is 12.3. The Hall–Kier alpha value is -3.72. The van der Waals surface area contributed by atoms with Crippen LogP contribution in [0.2, 0.25) is 0 Å². The first kappa shape index (κ1) is 32.2. The topological polar surface area (TPSA) is 79.3 Å².